The summed E-state index contributed by atoms with van der Waals surface area (Å²) in [5.74, 6) is 0.601. The summed E-state index contributed by atoms with van der Waals surface area (Å²) in [5.41, 5.74) is 3.70. The average molecular weight is 375 g/mol. The van der Waals surface area contributed by atoms with Gasteiger partial charge >= 0.3 is 0 Å². The molecule has 1 heterocycles. The largest absolute Gasteiger partial charge is 0.331 e. The van der Waals surface area contributed by atoms with Crippen LogP contribution in [0.1, 0.15) is 41.4 Å². The third-order valence-electron chi connectivity index (χ3n) is 4.48. The van der Waals surface area contributed by atoms with Gasteiger partial charge in [0.2, 0.25) is 0 Å². The Morgan fingerprint density at radius 1 is 1.21 bits per heavy atom. The van der Waals surface area contributed by atoms with Crippen molar-refractivity contribution in [3.05, 3.63) is 77.9 Å². The zero-order valence-electron chi connectivity index (χ0n) is 16.5. The van der Waals surface area contributed by atoms with E-state index in [2.05, 4.69) is 34.2 Å². The number of amides is 1. The molecule has 0 aliphatic rings. The van der Waals surface area contributed by atoms with Crippen LogP contribution >= 0.6 is 0 Å². The lowest BCUT2D eigenvalue weighted by molar-refractivity contribution is 0.0762. The van der Waals surface area contributed by atoms with Gasteiger partial charge in [-0.2, -0.15) is 0 Å². The van der Waals surface area contributed by atoms with E-state index in [4.69, 9.17) is 0 Å². The fourth-order valence-electron chi connectivity index (χ4n) is 2.99. The average Bonchev–Trinajstić information content (AvgIpc) is 3.19. The number of hydrogen-bond acceptors (Lipinski definition) is 4. The Kier molecular flexibility index (Phi) is 5.99. The maximum absolute atomic E-state index is 13.2. The maximum Gasteiger partial charge on any atom is 0.254 e. The number of aromatic nitrogens is 4. The van der Waals surface area contributed by atoms with Crippen molar-refractivity contribution >= 4 is 5.91 Å². The normalized spacial score (nSPS) is 10.9. The Morgan fingerprint density at radius 3 is 2.64 bits per heavy atom. The first-order valence-electron chi connectivity index (χ1n) is 9.33. The Bertz CT molecular complexity index is 959. The zero-order valence-corrected chi connectivity index (χ0v) is 16.5. The van der Waals surface area contributed by atoms with Crippen LogP contribution in [0, 0.1) is 6.92 Å². The van der Waals surface area contributed by atoms with Gasteiger partial charge in [-0.05, 0) is 48.9 Å². The number of nitrogens with zero attached hydrogens (tertiary/aromatic N) is 5. The number of carbonyl (C=O) groups is 1. The molecule has 0 saturated carbocycles. The minimum absolute atomic E-state index is 0.0501. The monoisotopic (exact) mass is 375 g/mol. The molecule has 0 saturated heterocycles. The van der Waals surface area contributed by atoms with E-state index >= 15 is 0 Å². The van der Waals surface area contributed by atoms with Gasteiger partial charge in [-0.3, -0.25) is 4.79 Å². The van der Waals surface area contributed by atoms with Crippen molar-refractivity contribution in [2.75, 3.05) is 6.54 Å². The second kappa shape index (κ2) is 8.61. The van der Waals surface area contributed by atoms with E-state index in [1.54, 1.807) is 15.7 Å². The lowest BCUT2D eigenvalue weighted by Crippen LogP contribution is -2.30. The first-order chi connectivity index (χ1) is 13.5. The van der Waals surface area contributed by atoms with Crippen LogP contribution in [-0.4, -0.2) is 37.6 Å². The van der Waals surface area contributed by atoms with E-state index in [1.807, 2.05) is 57.2 Å². The van der Waals surface area contributed by atoms with Gasteiger partial charge < -0.3 is 4.90 Å². The smallest absolute Gasteiger partial charge is 0.254 e. The molecule has 0 N–H and O–H groups in total. The van der Waals surface area contributed by atoms with Gasteiger partial charge in [-0.1, -0.05) is 48.0 Å². The van der Waals surface area contributed by atoms with Crippen molar-refractivity contribution < 1.29 is 4.79 Å². The summed E-state index contributed by atoms with van der Waals surface area (Å²) in [5, 5.41) is 11.9. The van der Waals surface area contributed by atoms with E-state index in [0.717, 1.165) is 11.1 Å². The van der Waals surface area contributed by atoms with Gasteiger partial charge in [0.1, 0.15) is 0 Å². The maximum atomic E-state index is 13.2. The van der Waals surface area contributed by atoms with Gasteiger partial charge in [0, 0.05) is 24.2 Å². The van der Waals surface area contributed by atoms with Crippen LogP contribution in [-0.2, 0) is 6.54 Å². The third-order valence-corrected chi connectivity index (χ3v) is 4.48. The van der Waals surface area contributed by atoms with Crippen LogP contribution < -0.4 is 0 Å². The highest BCUT2D eigenvalue weighted by molar-refractivity contribution is 5.95. The molecule has 1 aromatic heterocycles. The fraction of sp³-hybridized carbons (Fsp3) is 0.273. The lowest BCUT2D eigenvalue weighted by atomic mass is 10.1. The van der Waals surface area contributed by atoms with Gasteiger partial charge in [0.05, 0.1) is 6.04 Å². The summed E-state index contributed by atoms with van der Waals surface area (Å²) in [6.45, 7) is 10.9. The number of tetrazole rings is 1. The summed E-state index contributed by atoms with van der Waals surface area (Å²) >= 11 is 0. The van der Waals surface area contributed by atoms with Crippen LogP contribution in [0.3, 0.4) is 0 Å². The number of carbonyl (C=O) groups excluding carboxylic acids is 1. The lowest BCUT2D eigenvalue weighted by Gasteiger charge is -2.22. The molecule has 28 heavy (non-hydrogen) atoms. The number of benzene rings is 2. The Labute approximate surface area is 165 Å². The van der Waals surface area contributed by atoms with E-state index < -0.39 is 0 Å². The topological polar surface area (TPSA) is 63.9 Å². The summed E-state index contributed by atoms with van der Waals surface area (Å²) in [6.07, 6.45) is 1.75. The van der Waals surface area contributed by atoms with Crippen molar-refractivity contribution in [3.63, 3.8) is 0 Å². The van der Waals surface area contributed by atoms with Crippen molar-refractivity contribution in [2.45, 2.75) is 33.4 Å². The molecule has 6 heteroatoms. The second-order valence-corrected chi connectivity index (χ2v) is 7.08. The van der Waals surface area contributed by atoms with Crippen molar-refractivity contribution in [1.29, 1.82) is 0 Å². The zero-order chi connectivity index (χ0) is 20.1. The van der Waals surface area contributed by atoms with Crippen molar-refractivity contribution in [2.24, 2.45) is 0 Å². The molecule has 3 aromatic rings. The molecule has 2 aromatic carbocycles. The predicted octanol–water partition coefficient (Wildman–Crippen LogP) is 4.06. The van der Waals surface area contributed by atoms with E-state index in [0.29, 0.717) is 24.5 Å². The molecule has 0 radical (unpaired) electrons. The highest BCUT2D eigenvalue weighted by Gasteiger charge is 2.18. The van der Waals surface area contributed by atoms with Gasteiger partial charge in [0.15, 0.2) is 5.82 Å². The molecule has 0 fully saturated rings. The molecule has 6 nitrogen and oxygen atoms in total. The van der Waals surface area contributed by atoms with E-state index in [9.17, 15) is 4.79 Å². The summed E-state index contributed by atoms with van der Waals surface area (Å²) in [6, 6.07) is 15.8. The van der Waals surface area contributed by atoms with Crippen LogP contribution in [0.4, 0.5) is 0 Å². The molecule has 0 bridgehead atoms. The fourth-order valence-corrected chi connectivity index (χ4v) is 2.99. The Morgan fingerprint density at radius 2 is 1.96 bits per heavy atom. The first kappa shape index (κ1) is 19.5. The number of rotatable bonds is 7. The first-order valence-corrected chi connectivity index (χ1v) is 9.33. The van der Waals surface area contributed by atoms with Crippen LogP contribution in [0.15, 0.2) is 61.2 Å². The highest BCUT2D eigenvalue weighted by Crippen LogP contribution is 2.21. The van der Waals surface area contributed by atoms with Gasteiger partial charge in [0.25, 0.3) is 5.91 Å². The van der Waals surface area contributed by atoms with Gasteiger partial charge in [-0.15, -0.1) is 11.7 Å². The standard InChI is InChI=1S/C22H25N5O/c1-5-13-26(15-18-11-9-17(4)10-12-18)22(28)20-8-6-7-19(14-20)21-23-24-25-27(21)16(2)3/h5-12,14,16H,1,13,15H2,2-4H3. The summed E-state index contributed by atoms with van der Waals surface area (Å²) < 4.78 is 1.75. The quantitative estimate of drug-likeness (QED) is 0.584. The minimum Gasteiger partial charge on any atom is -0.331 e. The molecular weight excluding hydrogens is 350 g/mol. The molecule has 0 spiro atoms. The molecule has 0 atom stereocenters. The van der Waals surface area contributed by atoms with Gasteiger partial charge in [-0.25, -0.2) is 4.68 Å². The molecule has 3 rings (SSSR count). The molecule has 1 amide bonds. The minimum atomic E-state index is -0.0501. The Hall–Kier alpha value is -3.28. The number of hydrogen-bond donors (Lipinski definition) is 0. The number of aryl methyl sites for hydroxylation is 1. The summed E-state index contributed by atoms with van der Waals surface area (Å²) in [7, 11) is 0. The van der Waals surface area contributed by atoms with E-state index in [1.165, 1.54) is 5.56 Å². The van der Waals surface area contributed by atoms with E-state index in [-0.39, 0.29) is 11.9 Å². The van der Waals surface area contributed by atoms with Crippen LogP contribution in [0.5, 0.6) is 0 Å². The molecule has 0 aliphatic carbocycles. The second-order valence-electron chi connectivity index (χ2n) is 7.08. The van der Waals surface area contributed by atoms with Crippen molar-refractivity contribution in [3.8, 4) is 11.4 Å². The molecule has 144 valence electrons. The molecular formula is C22H25N5O. The van der Waals surface area contributed by atoms with Crippen molar-refractivity contribution in [1.82, 2.24) is 25.1 Å². The molecule has 0 unspecified atom stereocenters. The van der Waals surface area contributed by atoms with Crippen LogP contribution in [0.2, 0.25) is 0 Å². The SMILES string of the molecule is C=CCN(Cc1ccc(C)cc1)C(=O)c1cccc(-c2nnnn2C(C)C)c1. The third kappa shape index (κ3) is 4.34. The highest BCUT2D eigenvalue weighted by atomic mass is 16.2. The molecule has 0 aliphatic heterocycles. The van der Waals surface area contributed by atoms with Crippen LogP contribution in [0.25, 0.3) is 11.4 Å². The summed E-state index contributed by atoms with van der Waals surface area (Å²) in [4.78, 5) is 14.9. The predicted molar refractivity (Wildman–Crippen MR) is 110 cm³/mol. The Balaban J connectivity index is 1.88.